The first kappa shape index (κ1) is 18.1. The monoisotopic (exact) mass is 253 g/mol. The third-order valence-corrected chi connectivity index (χ3v) is 1.48. The molecular weight excluding hydrogens is 230 g/mol. The van der Waals surface area contributed by atoms with Crippen LogP contribution in [0.4, 0.5) is 0 Å². The summed E-state index contributed by atoms with van der Waals surface area (Å²) in [6.07, 6.45) is 0. The van der Waals surface area contributed by atoms with Gasteiger partial charge in [0.15, 0.2) is 0 Å². The summed E-state index contributed by atoms with van der Waals surface area (Å²) in [5.41, 5.74) is -0.756. The fraction of sp³-hybridized carbons (Fsp3) is 0.909. The highest BCUT2D eigenvalue weighted by Crippen LogP contribution is 2.10. The normalized spacial score (nSPS) is 13.9. The van der Waals surface area contributed by atoms with Gasteiger partial charge in [-0.25, -0.2) is 0 Å². The summed E-state index contributed by atoms with van der Waals surface area (Å²) in [7, 11) is 0. The van der Waals surface area contributed by atoms with E-state index in [1.807, 2.05) is 20.8 Å². The van der Waals surface area contributed by atoms with Crippen LogP contribution in [0.5, 0.6) is 0 Å². The Hall–Kier alpha value is -0.320. The molecule has 0 spiro atoms. The summed E-state index contributed by atoms with van der Waals surface area (Å²) in [6, 6.07) is -0.663. The van der Waals surface area contributed by atoms with E-state index in [0.29, 0.717) is 0 Å². The quantitative estimate of drug-likeness (QED) is 0.749. The van der Waals surface area contributed by atoms with Crippen molar-refractivity contribution in [3.63, 3.8) is 0 Å². The van der Waals surface area contributed by atoms with Crippen molar-refractivity contribution in [2.24, 2.45) is 0 Å². The molecule has 0 fully saturated rings. The van der Waals surface area contributed by atoms with E-state index < -0.39 is 17.6 Å². The largest absolute Gasteiger partial charge is 0.459 e. The molecule has 1 atom stereocenters. The number of esters is 1. The Labute approximate surface area is 104 Å². The summed E-state index contributed by atoms with van der Waals surface area (Å²) in [6.45, 7) is 10.9. The standard InChI is InChI=1S/C11H23NO3.ClH/c1-10(2,3)12-8(7-13)9(14)15-11(4,5)6;/h8,12-13H,7H2,1-6H3;1H/t8-;/m1./s1. The van der Waals surface area contributed by atoms with Crippen molar-refractivity contribution in [3.05, 3.63) is 0 Å². The van der Waals surface area contributed by atoms with Gasteiger partial charge in [-0.15, -0.1) is 12.4 Å². The van der Waals surface area contributed by atoms with E-state index in [4.69, 9.17) is 9.84 Å². The molecule has 5 heteroatoms. The molecule has 98 valence electrons. The SMILES string of the molecule is CC(C)(C)N[C@H](CO)C(=O)OC(C)(C)C.Cl. The molecule has 0 unspecified atom stereocenters. The van der Waals surface area contributed by atoms with Crippen LogP contribution in [0, 0.1) is 0 Å². The van der Waals surface area contributed by atoms with E-state index in [1.165, 1.54) is 0 Å². The molecule has 0 aromatic rings. The molecule has 2 N–H and O–H groups in total. The van der Waals surface area contributed by atoms with Crippen molar-refractivity contribution in [2.45, 2.75) is 58.7 Å². The topological polar surface area (TPSA) is 58.6 Å². The number of carbonyl (C=O) groups is 1. The van der Waals surface area contributed by atoms with Gasteiger partial charge in [0, 0.05) is 5.54 Å². The number of halogens is 1. The fourth-order valence-corrected chi connectivity index (χ4v) is 1.07. The van der Waals surface area contributed by atoms with E-state index in [9.17, 15) is 4.79 Å². The number of carbonyl (C=O) groups excluding carboxylic acids is 1. The van der Waals surface area contributed by atoms with Gasteiger partial charge in [0.1, 0.15) is 11.6 Å². The zero-order valence-corrected chi connectivity index (χ0v) is 11.8. The summed E-state index contributed by atoms with van der Waals surface area (Å²) in [5, 5.41) is 12.1. The van der Waals surface area contributed by atoms with Crippen LogP contribution >= 0.6 is 12.4 Å². The van der Waals surface area contributed by atoms with Crippen LogP contribution in [0.15, 0.2) is 0 Å². The second-order valence-electron chi connectivity index (χ2n) is 5.66. The predicted molar refractivity (Wildman–Crippen MR) is 66.9 cm³/mol. The van der Waals surface area contributed by atoms with Gasteiger partial charge >= 0.3 is 5.97 Å². The highest BCUT2D eigenvalue weighted by Gasteiger charge is 2.27. The number of ether oxygens (including phenoxy) is 1. The van der Waals surface area contributed by atoms with Crippen LogP contribution in [0.25, 0.3) is 0 Å². The van der Waals surface area contributed by atoms with Gasteiger partial charge in [-0.1, -0.05) is 0 Å². The number of aliphatic hydroxyl groups is 1. The molecule has 0 aliphatic heterocycles. The molecule has 0 aromatic heterocycles. The Morgan fingerprint density at radius 1 is 1.25 bits per heavy atom. The summed E-state index contributed by atoms with van der Waals surface area (Å²) < 4.78 is 5.18. The molecule has 0 radical (unpaired) electrons. The first-order valence-electron chi connectivity index (χ1n) is 5.16. The minimum absolute atomic E-state index is 0. The molecule has 4 nitrogen and oxygen atoms in total. The summed E-state index contributed by atoms with van der Waals surface area (Å²) in [4.78, 5) is 11.6. The van der Waals surface area contributed by atoms with E-state index in [2.05, 4.69) is 5.32 Å². The zero-order chi connectivity index (χ0) is 12.3. The number of rotatable bonds is 3. The molecule has 16 heavy (non-hydrogen) atoms. The summed E-state index contributed by atoms with van der Waals surface area (Å²) >= 11 is 0. The van der Waals surface area contributed by atoms with Gasteiger partial charge in [-0.3, -0.25) is 10.1 Å². The highest BCUT2D eigenvalue weighted by atomic mass is 35.5. The number of hydrogen-bond acceptors (Lipinski definition) is 4. The van der Waals surface area contributed by atoms with Crippen molar-refractivity contribution in [3.8, 4) is 0 Å². The van der Waals surface area contributed by atoms with Crippen molar-refractivity contribution in [1.29, 1.82) is 0 Å². The molecule has 0 aliphatic carbocycles. The lowest BCUT2D eigenvalue weighted by Crippen LogP contribution is -2.51. The fourth-order valence-electron chi connectivity index (χ4n) is 1.07. The predicted octanol–water partition coefficient (Wildman–Crippen LogP) is 1.50. The van der Waals surface area contributed by atoms with Crippen LogP contribution in [-0.2, 0) is 9.53 Å². The smallest absolute Gasteiger partial charge is 0.326 e. The maximum Gasteiger partial charge on any atom is 0.326 e. The Balaban J connectivity index is 0. The zero-order valence-electron chi connectivity index (χ0n) is 11.0. The molecule has 0 aromatic carbocycles. The van der Waals surface area contributed by atoms with Crippen LogP contribution in [0.2, 0.25) is 0 Å². The van der Waals surface area contributed by atoms with Gasteiger partial charge in [0.05, 0.1) is 6.61 Å². The highest BCUT2D eigenvalue weighted by molar-refractivity contribution is 5.85. The van der Waals surface area contributed by atoms with Gasteiger partial charge in [-0.05, 0) is 41.5 Å². The van der Waals surface area contributed by atoms with Crippen LogP contribution in [0.3, 0.4) is 0 Å². The molecule has 0 aliphatic rings. The van der Waals surface area contributed by atoms with Crippen LogP contribution in [-0.4, -0.2) is 34.9 Å². The molecular formula is C11H24ClNO3. The minimum atomic E-state index is -0.663. The Bertz CT molecular complexity index is 218. The van der Waals surface area contributed by atoms with Crippen molar-refractivity contribution in [2.75, 3.05) is 6.61 Å². The summed E-state index contributed by atoms with van der Waals surface area (Å²) in [5.74, 6) is -0.417. The third-order valence-electron chi connectivity index (χ3n) is 1.48. The first-order valence-corrected chi connectivity index (χ1v) is 5.16. The van der Waals surface area contributed by atoms with Crippen molar-refractivity contribution in [1.82, 2.24) is 5.32 Å². The first-order chi connectivity index (χ1) is 6.55. The van der Waals surface area contributed by atoms with E-state index in [0.717, 1.165) is 0 Å². The number of nitrogens with one attached hydrogen (secondary N) is 1. The second-order valence-corrected chi connectivity index (χ2v) is 5.66. The lowest BCUT2D eigenvalue weighted by atomic mass is 10.1. The van der Waals surface area contributed by atoms with Crippen molar-refractivity contribution >= 4 is 18.4 Å². The van der Waals surface area contributed by atoms with Gasteiger partial charge in [0.25, 0.3) is 0 Å². The van der Waals surface area contributed by atoms with Crippen LogP contribution in [0.1, 0.15) is 41.5 Å². The molecule has 0 rings (SSSR count). The average Bonchev–Trinajstić information content (AvgIpc) is 1.94. The van der Waals surface area contributed by atoms with Crippen LogP contribution < -0.4 is 5.32 Å². The lowest BCUT2D eigenvalue weighted by molar-refractivity contribution is -0.159. The van der Waals surface area contributed by atoms with Gasteiger partial charge < -0.3 is 9.84 Å². The maximum atomic E-state index is 11.6. The third kappa shape index (κ3) is 8.95. The average molecular weight is 254 g/mol. The minimum Gasteiger partial charge on any atom is -0.459 e. The van der Waals surface area contributed by atoms with Gasteiger partial charge in [0.2, 0.25) is 0 Å². The van der Waals surface area contributed by atoms with E-state index >= 15 is 0 Å². The number of aliphatic hydroxyl groups excluding tert-OH is 1. The molecule has 0 saturated heterocycles. The molecule has 0 amide bonds. The molecule has 0 bridgehead atoms. The maximum absolute atomic E-state index is 11.6. The van der Waals surface area contributed by atoms with Gasteiger partial charge in [-0.2, -0.15) is 0 Å². The van der Waals surface area contributed by atoms with E-state index in [1.54, 1.807) is 20.8 Å². The lowest BCUT2D eigenvalue weighted by Gasteiger charge is -2.28. The Kier molecular flexibility index (Phi) is 7.25. The second kappa shape index (κ2) is 6.42. The van der Waals surface area contributed by atoms with E-state index in [-0.39, 0.29) is 24.6 Å². The van der Waals surface area contributed by atoms with Crippen molar-refractivity contribution < 1.29 is 14.6 Å². The number of hydrogen-bond donors (Lipinski definition) is 2. The Morgan fingerprint density at radius 3 is 1.94 bits per heavy atom. The molecule has 0 heterocycles. The molecule has 0 saturated carbocycles. The Morgan fingerprint density at radius 2 is 1.69 bits per heavy atom.